The lowest BCUT2D eigenvalue weighted by Crippen LogP contribution is -2.12. The number of carbonyl (C=O) groups is 1. The highest BCUT2D eigenvalue weighted by molar-refractivity contribution is 7.09. The van der Waals surface area contributed by atoms with Crippen LogP contribution in [0.15, 0.2) is 29.6 Å². The molecule has 0 saturated heterocycles. The van der Waals surface area contributed by atoms with Crippen molar-refractivity contribution in [3.8, 4) is 11.4 Å². The Morgan fingerprint density at radius 2 is 2.33 bits per heavy atom. The molecule has 0 unspecified atom stereocenters. The minimum Gasteiger partial charge on any atom is -0.325 e. The monoisotopic (exact) mass is 301 g/mol. The first-order valence-electron chi connectivity index (χ1n) is 6.06. The highest BCUT2D eigenvalue weighted by Crippen LogP contribution is 2.19. The third-order valence-electron chi connectivity index (χ3n) is 2.68. The summed E-state index contributed by atoms with van der Waals surface area (Å²) >= 11 is 1.36. The highest BCUT2D eigenvalue weighted by Gasteiger charge is 2.11. The fourth-order valence-corrected chi connectivity index (χ4v) is 2.38. The minimum atomic E-state index is -0.281. The number of aromatic amines is 1. The molecule has 0 radical (unpaired) electrons. The largest absolute Gasteiger partial charge is 0.325 e. The van der Waals surface area contributed by atoms with Gasteiger partial charge in [0.25, 0.3) is 5.91 Å². The molecule has 0 aliphatic heterocycles. The molecule has 3 aromatic rings. The number of aromatic nitrogens is 5. The van der Waals surface area contributed by atoms with Crippen molar-refractivity contribution in [1.82, 2.24) is 25.6 Å². The third-order valence-corrected chi connectivity index (χ3v) is 3.55. The van der Waals surface area contributed by atoms with Crippen molar-refractivity contribution >= 4 is 22.9 Å². The SMILES string of the molecule is NCc1nc(C(=O)Nc2cccc(-c3nn[nH]n3)c2)cs1. The highest BCUT2D eigenvalue weighted by atomic mass is 32.1. The number of carbonyl (C=O) groups excluding carboxylic acids is 1. The van der Waals surface area contributed by atoms with Crippen LogP contribution in [-0.2, 0) is 6.54 Å². The van der Waals surface area contributed by atoms with Crippen LogP contribution in [0, 0.1) is 0 Å². The normalized spacial score (nSPS) is 10.5. The van der Waals surface area contributed by atoms with Gasteiger partial charge >= 0.3 is 0 Å². The van der Waals surface area contributed by atoms with E-state index in [0.29, 0.717) is 23.8 Å². The molecule has 2 aromatic heterocycles. The van der Waals surface area contributed by atoms with Gasteiger partial charge in [0.1, 0.15) is 10.7 Å². The van der Waals surface area contributed by atoms with E-state index < -0.39 is 0 Å². The van der Waals surface area contributed by atoms with Crippen LogP contribution in [0.4, 0.5) is 5.69 Å². The zero-order chi connectivity index (χ0) is 14.7. The number of nitrogens with one attached hydrogen (secondary N) is 2. The fourth-order valence-electron chi connectivity index (χ4n) is 1.72. The summed E-state index contributed by atoms with van der Waals surface area (Å²) in [5, 5.41) is 18.9. The minimum absolute atomic E-state index is 0.281. The number of nitrogens with zero attached hydrogens (tertiary/aromatic N) is 4. The number of tetrazole rings is 1. The zero-order valence-corrected chi connectivity index (χ0v) is 11.6. The van der Waals surface area contributed by atoms with E-state index in [9.17, 15) is 4.79 Å². The Kier molecular flexibility index (Phi) is 3.67. The van der Waals surface area contributed by atoms with Gasteiger partial charge in [0.2, 0.25) is 5.82 Å². The van der Waals surface area contributed by atoms with Gasteiger partial charge in [0.05, 0.1) is 0 Å². The van der Waals surface area contributed by atoms with E-state index in [-0.39, 0.29) is 5.91 Å². The van der Waals surface area contributed by atoms with Gasteiger partial charge in [0, 0.05) is 23.2 Å². The molecular weight excluding hydrogens is 290 g/mol. The smallest absolute Gasteiger partial charge is 0.275 e. The van der Waals surface area contributed by atoms with E-state index in [2.05, 4.69) is 30.9 Å². The molecule has 9 heteroatoms. The standard InChI is InChI=1S/C12H11N7OS/c13-5-10-15-9(6-21-10)12(20)14-8-3-1-2-7(4-8)11-16-18-19-17-11/h1-4,6H,5,13H2,(H,14,20)(H,16,17,18,19). The van der Waals surface area contributed by atoms with Crippen molar-refractivity contribution in [2.24, 2.45) is 5.73 Å². The summed E-state index contributed by atoms with van der Waals surface area (Å²) in [5.74, 6) is 0.182. The van der Waals surface area contributed by atoms with Crippen molar-refractivity contribution in [3.05, 3.63) is 40.3 Å². The molecule has 2 heterocycles. The van der Waals surface area contributed by atoms with Gasteiger partial charge in [-0.3, -0.25) is 4.79 Å². The number of hydrogen-bond donors (Lipinski definition) is 3. The maximum atomic E-state index is 12.1. The molecule has 106 valence electrons. The van der Waals surface area contributed by atoms with E-state index in [1.54, 1.807) is 23.6 Å². The number of anilines is 1. The molecule has 21 heavy (non-hydrogen) atoms. The summed E-state index contributed by atoms with van der Waals surface area (Å²) in [6, 6.07) is 7.17. The maximum Gasteiger partial charge on any atom is 0.275 e. The summed E-state index contributed by atoms with van der Waals surface area (Å²) in [6.07, 6.45) is 0. The Balaban J connectivity index is 1.78. The van der Waals surface area contributed by atoms with E-state index in [1.807, 2.05) is 6.07 Å². The lowest BCUT2D eigenvalue weighted by Gasteiger charge is -2.04. The summed E-state index contributed by atoms with van der Waals surface area (Å²) in [4.78, 5) is 16.2. The summed E-state index contributed by atoms with van der Waals surface area (Å²) in [6.45, 7) is 0.325. The molecule has 4 N–H and O–H groups in total. The van der Waals surface area contributed by atoms with Gasteiger partial charge in [-0.2, -0.15) is 5.21 Å². The second-order valence-electron chi connectivity index (χ2n) is 4.10. The van der Waals surface area contributed by atoms with Crippen LogP contribution in [0.25, 0.3) is 11.4 Å². The Morgan fingerprint density at radius 1 is 1.43 bits per heavy atom. The third kappa shape index (κ3) is 2.93. The van der Waals surface area contributed by atoms with Gasteiger partial charge in [-0.25, -0.2) is 4.98 Å². The van der Waals surface area contributed by atoms with E-state index in [1.165, 1.54) is 11.3 Å². The molecule has 0 aliphatic carbocycles. The second kappa shape index (κ2) is 5.77. The van der Waals surface area contributed by atoms with E-state index in [4.69, 9.17) is 5.73 Å². The predicted octanol–water partition coefficient (Wildman–Crippen LogP) is 1.03. The van der Waals surface area contributed by atoms with Crippen LogP contribution >= 0.6 is 11.3 Å². The predicted molar refractivity (Wildman–Crippen MR) is 77.6 cm³/mol. The number of rotatable bonds is 4. The summed E-state index contributed by atoms with van der Waals surface area (Å²) in [5.41, 5.74) is 7.22. The molecule has 3 rings (SSSR count). The van der Waals surface area contributed by atoms with Crippen LogP contribution in [0.1, 0.15) is 15.5 Å². The lowest BCUT2D eigenvalue weighted by molar-refractivity contribution is 0.102. The average molecular weight is 301 g/mol. The number of benzene rings is 1. The summed E-state index contributed by atoms with van der Waals surface area (Å²) < 4.78 is 0. The molecule has 1 aromatic carbocycles. The van der Waals surface area contributed by atoms with Crippen LogP contribution in [-0.4, -0.2) is 31.5 Å². The molecule has 0 saturated carbocycles. The first kappa shape index (κ1) is 13.3. The van der Waals surface area contributed by atoms with Crippen LogP contribution < -0.4 is 11.1 Å². The zero-order valence-electron chi connectivity index (χ0n) is 10.8. The Labute approximate surface area is 123 Å². The molecule has 0 bridgehead atoms. The number of H-pyrrole nitrogens is 1. The maximum absolute atomic E-state index is 12.1. The second-order valence-corrected chi connectivity index (χ2v) is 5.04. The van der Waals surface area contributed by atoms with Gasteiger partial charge in [-0.05, 0) is 17.3 Å². The van der Waals surface area contributed by atoms with E-state index in [0.717, 1.165) is 10.6 Å². The summed E-state index contributed by atoms with van der Waals surface area (Å²) in [7, 11) is 0. The molecule has 0 atom stereocenters. The van der Waals surface area contributed by atoms with Crippen molar-refractivity contribution < 1.29 is 4.79 Å². The van der Waals surface area contributed by atoms with Crippen molar-refractivity contribution in [3.63, 3.8) is 0 Å². The Morgan fingerprint density at radius 3 is 3.05 bits per heavy atom. The van der Waals surface area contributed by atoms with Gasteiger partial charge in [0.15, 0.2) is 0 Å². The van der Waals surface area contributed by atoms with Gasteiger partial charge in [-0.15, -0.1) is 21.5 Å². The molecule has 1 amide bonds. The van der Waals surface area contributed by atoms with E-state index >= 15 is 0 Å². The lowest BCUT2D eigenvalue weighted by atomic mass is 10.2. The number of thiazole rings is 1. The molecule has 8 nitrogen and oxygen atoms in total. The van der Waals surface area contributed by atoms with Crippen molar-refractivity contribution in [2.45, 2.75) is 6.54 Å². The van der Waals surface area contributed by atoms with Gasteiger partial charge in [-0.1, -0.05) is 12.1 Å². The van der Waals surface area contributed by atoms with Crippen molar-refractivity contribution in [1.29, 1.82) is 0 Å². The first-order valence-corrected chi connectivity index (χ1v) is 6.94. The molecule has 0 aliphatic rings. The molecular formula is C12H11N7OS. The number of amides is 1. The molecule has 0 spiro atoms. The molecule has 0 fully saturated rings. The first-order chi connectivity index (χ1) is 10.3. The Hall–Kier alpha value is -2.65. The van der Waals surface area contributed by atoms with Gasteiger partial charge < -0.3 is 11.1 Å². The topological polar surface area (TPSA) is 122 Å². The number of nitrogens with two attached hydrogens (primary N) is 1. The van der Waals surface area contributed by atoms with Crippen LogP contribution in [0.2, 0.25) is 0 Å². The Bertz CT molecular complexity index is 753. The quantitative estimate of drug-likeness (QED) is 0.661. The van der Waals surface area contributed by atoms with Crippen molar-refractivity contribution in [2.75, 3.05) is 5.32 Å². The average Bonchev–Trinajstić information content (AvgIpc) is 3.19. The van der Waals surface area contributed by atoms with Crippen LogP contribution in [0.5, 0.6) is 0 Å². The van der Waals surface area contributed by atoms with Crippen LogP contribution in [0.3, 0.4) is 0 Å². The fraction of sp³-hybridized carbons (Fsp3) is 0.0833. The number of hydrogen-bond acceptors (Lipinski definition) is 7.